The van der Waals surface area contributed by atoms with Gasteiger partial charge in [-0.05, 0) is 32.2 Å². The molecule has 1 aliphatic heterocycles. The maximum atomic E-state index is 2.46. The Balaban J connectivity index is 0.000000561. The van der Waals surface area contributed by atoms with Gasteiger partial charge in [-0.1, -0.05) is 27.7 Å². The van der Waals surface area contributed by atoms with Gasteiger partial charge in [0.15, 0.2) is 0 Å². The second kappa shape index (κ2) is 5.58. The summed E-state index contributed by atoms with van der Waals surface area (Å²) in [5.41, 5.74) is 0. The smallest absolute Gasteiger partial charge is 0.00666 e. The van der Waals surface area contributed by atoms with Crippen LogP contribution in [-0.4, -0.2) is 24.5 Å². The monoisotopic (exact) mass is 171 g/mol. The third-order valence-corrected chi connectivity index (χ3v) is 3.01. The maximum absolute atomic E-state index is 2.46. The minimum atomic E-state index is 0.797. The second-order valence-electron chi connectivity index (χ2n) is 3.98. The summed E-state index contributed by atoms with van der Waals surface area (Å²) in [5, 5.41) is 0. The van der Waals surface area contributed by atoms with Gasteiger partial charge in [-0.2, -0.15) is 0 Å². The van der Waals surface area contributed by atoms with Gasteiger partial charge in [0.2, 0.25) is 0 Å². The third kappa shape index (κ3) is 3.14. The standard InChI is InChI=1S/C9H19N.C2H6/c1-7-5-9(3)10(4)6-8(7)2;1-2/h7-9H,5-6H2,1-4H3;1-2H3/t7?,8-,9+;/m0./s1. The zero-order valence-corrected chi connectivity index (χ0v) is 9.59. The SMILES string of the molecule is CC.CC1C[C@@H](C)N(C)C[C@@H]1C. The normalized spacial score (nSPS) is 37.0. The highest BCUT2D eigenvalue weighted by molar-refractivity contribution is 4.78. The van der Waals surface area contributed by atoms with E-state index in [9.17, 15) is 0 Å². The Labute approximate surface area is 78.1 Å². The number of hydrogen-bond donors (Lipinski definition) is 0. The minimum Gasteiger partial charge on any atom is -0.303 e. The Bertz CT molecular complexity index is 85.6. The van der Waals surface area contributed by atoms with Crippen molar-refractivity contribution in [3.8, 4) is 0 Å². The first-order chi connectivity index (χ1) is 5.61. The van der Waals surface area contributed by atoms with Gasteiger partial charge in [0, 0.05) is 12.6 Å². The van der Waals surface area contributed by atoms with Gasteiger partial charge in [-0.3, -0.25) is 0 Å². The van der Waals surface area contributed by atoms with Crippen LogP contribution in [0.4, 0.5) is 0 Å². The lowest BCUT2D eigenvalue weighted by molar-refractivity contribution is 0.112. The molecule has 1 aliphatic rings. The van der Waals surface area contributed by atoms with Crippen molar-refractivity contribution in [2.45, 2.75) is 47.1 Å². The minimum absolute atomic E-state index is 0.797. The molecule has 0 aromatic rings. The van der Waals surface area contributed by atoms with Crippen LogP contribution in [0.25, 0.3) is 0 Å². The fourth-order valence-corrected chi connectivity index (χ4v) is 1.76. The molecule has 0 bridgehead atoms. The van der Waals surface area contributed by atoms with E-state index in [1.54, 1.807) is 0 Å². The molecule has 12 heavy (non-hydrogen) atoms. The number of rotatable bonds is 0. The molecule has 0 aliphatic carbocycles. The summed E-state index contributed by atoms with van der Waals surface area (Å²) in [6.45, 7) is 12.3. The molecule has 3 atom stereocenters. The van der Waals surface area contributed by atoms with Gasteiger partial charge in [-0.15, -0.1) is 0 Å². The lowest BCUT2D eigenvalue weighted by atomic mass is 9.85. The van der Waals surface area contributed by atoms with Gasteiger partial charge in [0.25, 0.3) is 0 Å². The first-order valence-electron chi connectivity index (χ1n) is 5.31. The van der Waals surface area contributed by atoms with E-state index < -0.39 is 0 Å². The molecule has 0 N–H and O–H groups in total. The molecule has 0 aromatic heterocycles. The van der Waals surface area contributed by atoms with Gasteiger partial charge in [0.05, 0.1) is 0 Å². The van der Waals surface area contributed by atoms with Gasteiger partial charge < -0.3 is 4.90 Å². The van der Waals surface area contributed by atoms with Crippen LogP contribution in [0.5, 0.6) is 0 Å². The number of hydrogen-bond acceptors (Lipinski definition) is 1. The summed E-state index contributed by atoms with van der Waals surface area (Å²) >= 11 is 0. The van der Waals surface area contributed by atoms with Crippen LogP contribution >= 0.6 is 0 Å². The maximum Gasteiger partial charge on any atom is 0.00666 e. The Morgan fingerprint density at radius 1 is 1.00 bits per heavy atom. The molecule has 1 rings (SSSR count). The molecule has 1 heterocycles. The lowest BCUT2D eigenvalue weighted by Gasteiger charge is -2.38. The molecule has 1 nitrogen and oxygen atoms in total. The van der Waals surface area contributed by atoms with Crippen molar-refractivity contribution in [2.24, 2.45) is 11.8 Å². The van der Waals surface area contributed by atoms with Crippen molar-refractivity contribution < 1.29 is 0 Å². The fourth-order valence-electron chi connectivity index (χ4n) is 1.76. The Morgan fingerprint density at radius 3 is 1.92 bits per heavy atom. The van der Waals surface area contributed by atoms with Crippen LogP contribution in [0.1, 0.15) is 41.0 Å². The topological polar surface area (TPSA) is 3.24 Å². The zero-order valence-electron chi connectivity index (χ0n) is 9.59. The average molecular weight is 171 g/mol. The van der Waals surface area contributed by atoms with E-state index in [2.05, 4.69) is 32.7 Å². The molecule has 1 fully saturated rings. The summed E-state index contributed by atoms with van der Waals surface area (Å²) in [6.07, 6.45) is 1.37. The average Bonchev–Trinajstić information content (AvgIpc) is 2.05. The van der Waals surface area contributed by atoms with E-state index in [-0.39, 0.29) is 0 Å². The predicted octanol–water partition coefficient (Wildman–Crippen LogP) is 3.01. The second-order valence-corrected chi connectivity index (χ2v) is 3.98. The first kappa shape index (κ1) is 12.0. The van der Waals surface area contributed by atoms with Crippen molar-refractivity contribution in [1.29, 1.82) is 0 Å². The van der Waals surface area contributed by atoms with Crippen molar-refractivity contribution in [2.75, 3.05) is 13.6 Å². The van der Waals surface area contributed by atoms with Crippen molar-refractivity contribution in [1.82, 2.24) is 4.90 Å². The molecular formula is C11H25N. The third-order valence-electron chi connectivity index (χ3n) is 3.01. The van der Waals surface area contributed by atoms with Crippen LogP contribution in [0.2, 0.25) is 0 Å². The molecule has 0 aromatic carbocycles. The molecule has 0 saturated carbocycles. The van der Waals surface area contributed by atoms with Crippen LogP contribution in [0.15, 0.2) is 0 Å². The quantitative estimate of drug-likeness (QED) is 0.541. The fraction of sp³-hybridized carbons (Fsp3) is 1.00. The summed E-state index contributed by atoms with van der Waals surface area (Å²) in [7, 11) is 2.23. The molecule has 1 saturated heterocycles. The van der Waals surface area contributed by atoms with Crippen LogP contribution in [-0.2, 0) is 0 Å². The van der Waals surface area contributed by atoms with E-state index in [0.29, 0.717) is 0 Å². The Kier molecular flexibility index (Phi) is 5.56. The Morgan fingerprint density at radius 2 is 1.50 bits per heavy atom. The predicted molar refractivity (Wildman–Crippen MR) is 56.4 cm³/mol. The Hall–Kier alpha value is -0.0400. The summed E-state index contributed by atoms with van der Waals surface area (Å²) < 4.78 is 0. The van der Waals surface area contributed by atoms with Crippen molar-refractivity contribution in [3.05, 3.63) is 0 Å². The van der Waals surface area contributed by atoms with Crippen molar-refractivity contribution >= 4 is 0 Å². The molecule has 74 valence electrons. The summed E-state index contributed by atoms with van der Waals surface area (Å²) in [6, 6.07) is 0.797. The van der Waals surface area contributed by atoms with E-state index in [4.69, 9.17) is 0 Å². The molecular weight excluding hydrogens is 146 g/mol. The van der Waals surface area contributed by atoms with Crippen LogP contribution in [0, 0.1) is 11.8 Å². The highest BCUT2D eigenvalue weighted by atomic mass is 15.1. The number of piperidine rings is 1. The molecule has 0 radical (unpaired) electrons. The molecule has 0 amide bonds. The molecule has 1 unspecified atom stereocenters. The van der Waals surface area contributed by atoms with Gasteiger partial charge in [-0.25, -0.2) is 0 Å². The zero-order chi connectivity index (χ0) is 9.72. The number of nitrogens with zero attached hydrogens (tertiary/aromatic N) is 1. The first-order valence-corrected chi connectivity index (χ1v) is 5.31. The van der Waals surface area contributed by atoms with Crippen LogP contribution < -0.4 is 0 Å². The molecule has 1 heteroatoms. The highest BCUT2D eigenvalue weighted by Crippen LogP contribution is 2.25. The van der Waals surface area contributed by atoms with Gasteiger partial charge in [0.1, 0.15) is 0 Å². The van der Waals surface area contributed by atoms with E-state index in [1.807, 2.05) is 13.8 Å². The lowest BCUT2D eigenvalue weighted by Crippen LogP contribution is -2.41. The molecule has 0 spiro atoms. The van der Waals surface area contributed by atoms with Gasteiger partial charge >= 0.3 is 0 Å². The number of likely N-dealkylation sites (tertiary alicyclic amines) is 1. The van der Waals surface area contributed by atoms with Crippen molar-refractivity contribution in [3.63, 3.8) is 0 Å². The van der Waals surface area contributed by atoms with E-state index >= 15 is 0 Å². The summed E-state index contributed by atoms with van der Waals surface area (Å²) in [4.78, 5) is 2.46. The summed E-state index contributed by atoms with van der Waals surface area (Å²) in [5.74, 6) is 1.81. The largest absolute Gasteiger partial charge is 0.303 e. The van der Waals surface area contributed by atoms with E-state index in [1.165, 1.54) is 13.0 Å². The highest BCUT2D eigenvalue weighted by Gasteiger charge is 2.25. The van der Waals surface area contributed by atoms with Crippen LogP contribution in [0.3, 0.4) is 0 Å². The van der Waals surface area contributed by atoms with E-state index in [0.717, 1.165) is 17.9 Å².